The average Bonchev–Trinajstić information content (AvgIpc) is 2.92. The molecular weight excluding hydrogens is 496 g/mol. The van der Waals surface area contributed by atoms with E-state index in [0.717, 1.165) is 35.3 Å². The Morgan fingerprint density at radius 3 is 2.46 bits per heavy atom. The fraction of sp³-hybridized carbons (Fsp3) is 0.355. The highest BCUT2D eigenvalue weighted by atomic mass is 16.7. The molecule has 0 spiro atoms. The molecule has 8 heteroatoms. The van der Waals surface area contributed by atoms with Crippen LogP contribution in [0.1, 0.15) is 44.7 Å². The second-order valence-corrected chi connectivity index (χ2v) is 9.22. The van der Waals surface area contributed by atoms with Crippen molar-refractivity contribution in [3.63, 3.8) is 0 Å². The average molecular weight is 535 g/mol. The van der Waals surface area contributed by atoms with Gasteiger partial charge in [0.05, 0.1) is 6.10 Å². The van der Waals surface area contributed by atoms with Crippen molar-refractivity contribution < 1.29 is 28.8 Å². The van der Waals surface area contributed by atoms with Gasteiger partial charge in [-0.2, -0.15) is 0 Å². The van der Waals surface area contributed by atoms with Gasteiger partial charge in [0.15, 0.2) is 0 Å². The van der Waals surface area contributed by atoms with Crippen molar-refractivity contribution >= 4 is 12.1 Å². The molecule has 4 rings (SSSR count). The molecule has 8 nitrogen and oxygen atoms in total. The minimum atomic E-state index is -0.695. The maximum atomic E-state index is 11.0. The van der Waals surface area contributed by atoms with Crippen LogP contribution in [0.25, 0.3) is 11.1 Å². The lowest BCUT2D eigenvalue weighted by atomic mass is 9.99. The van der Waals surface area contributed by atoms with E-state index in [0.29, 0.717) is 43.0 Å². The number of rotatable bonds is 12. The van der Waals surface area contributed by atoms with Crippen molar-refractivity contribution in [1.82, 2.24) is 0 Å². The lowest BCUT2D eigenvalue weighted by Crippen LogP contribution is -2.39. The molecule has 1 heterocycles. The van der Waals surface area contributed by atoms with Crippen LogP contribution in [0.2, 0.25) is 0 Å². The van der Waals surface area contributed by atoms with Crippen molar-refractivity contribution in [1.29, 1.82) is 5.41 Å². The van der Waals surface area contributed by atoms with Crippen molar-refractivity contribution in [2.45, 2.75) is 58.5 Å². The number of amidine groups is 1. The van der Waals surface area contributed by atoms with Gasteiger partial charge in [0, 0.05) is 24.5 Å². The van der Waals surface area contributed by atoms with Gasteiger partial charge in [0.2, 0.25) is 6.29 Å². The maximum absolute atomic E-state index is 11.0. The summed E-state index contributed by atoms with van der Waals surface area (Å²) in [5.41, 5.74) is 9.53. The summed E-state index contributed by atoms with van der Waals surface area (Å²) in [7, 11) is 0. The number of nitrogen functional groups attached to an aromatic ring is 1. The molecule has 39 heavy (non-hydrogen) atoms. The van der Waals surface area contributed by atoms with Crippen LogP contribution in [0.5, 0.6) is 17.2 Å². The number of hydrogen-bond donors (Lipinski definition) is 3. The van der Waals surface area contributed by atoms with E-state index in [1.54, 1.807) is 12.1 Å². The Bertz CT molecular complexity index is 1230. The predicted octanol–water partition coefficient (Wildman–Crippen LogP) is 5.13. The lowest BCUT2D eigenvalue weighted by molar-refractivity contribution is -0.176. The summed E-state index contributed by atoms with van der Waals surface area (Å²) in [5.74, 6) is 2.03. The Morgan fingerprint density at radius 2 is 1.74 bits per heavy atom. The molecule has 0 saturated carbocycles. The minimum absolute atomic E-state index is 0. The third kappa shape index (κ3) is 8.30. The Balaban J connectivity index is 0.00000420. The first-order valence-corrected chi connectivity index (χ1v) is 12.8. The van der Waals surface area contributed by atoms with Gasteiger partial charge in [-0.3, -0.25) is 5.41 Å². The SMILES string of the molecule is C.CCCc1cc(-c2ccc(C(=N)N)cc2)ccc1OCCOc1cccc(OC2CC(O)CC(C=O)O2)c1. The Hall–Kier alpha value is -3.88. The normalized spacial score (nSPS) is 18.5. The Kier molecular flexibility index (Phi) is 10.9. The molecule has 0 amide bonds. The van der Waals surface area contributed by atoms with E-state index in [1.165, 1.54) is 0 Å². The van der Waals surface area contributed by atoms with Gasteiger partial charge in [-0.05, 0) is 47.4 Å². The number of benzene rings is 3. The topological polar surface area (TPSA) is 124 Å². The first-order chi connectivity index (χ1) is 18.4. The van der Waals surface area contributed by atoms with Crippen molar-refractivity contribution in [3.8, 4) is 28.4 Å². The molecule has 3 atom stereocenters. The number of aryl methyl sites for hydroxylation is 1. The Morgan fingerprint density at radius 1 is 1.03 bits per heavy atom. The van der Waals surface area contributed by atoms with Crippen molar-refractivity contribution in [2.75, 3.05) is 13.2 Å². The number of ether oxygens (including phenoxy) is 4. The van der Waals surface area contributed by atoms with Crippen LogP contribution >= 0.6 is 0 Å². The maximum Gasteiger partial charge on any atom is 0.203 e. The molecule has 0 radical (unpaired) electrons. The molecule has 1 saturated heterocycles. The Labute approximate surface area is 230 Å². The predicted molar refractivity (Wildman–Crippen MR) is 152 cm³/mol. The molecule has 3 aromatic carbocycles. The van der Waals surface area contributed by atoms with Gasteiger partial charge < -0.3 is 34.6 Å². The summed E-state index contributed by atoms with van der Waals surface area (Å²) in [5, 5.41) is 17.5. The van der Waals surface area contributed by atoms with E-state index in [4.69, 9.17) is 30.1 Å². The van der Waals surface area contributed by atoms with Crippen LogP contribution < -0.4 is 19.9 Å². The number of nitrogens with one attached hydrogen (secondary N) is 1. The fourth-order valence-electron chi connectivity index (χ4n) is 4.36. The molecule has 4 N–H and O–H groups in total. The number of carbonyl (C=O) groups excluding carboxylic acids is 1. The van der Waals surface area contributed by atoms with Crippen molar-refractivity contribution in [3.05, 3.63) is 77.9 Å². The third-order valence-electron chi connectivity index (χ3n) is 6.24. The molecule has 1 aliphatic heterocycles. The number of aliphatic hydroxyl groups is 1. The van der Waals surface area contributed by atoms with Crippen LogP contribution in [-0.4, -0.2) is 48.9 Å². The molecule has 0 aliphatic carbocycles. The van der Waals surface area contributed by atoms with Crippen LogP contribution in [0.4, 0.5) is 0 Å². The zero-order chi connectivity index (χ0) is 26.9. The number of carbonyl (C=O) groups is 1. The van der Waals surface area contributed by atoms with Gasteiger partial charge >= 0.3 is 0 Å². The third-order valence-corrected chi connectivity index (χ3v) is 6.24. The number of nitrogens with two attached hydrogens (primary N) is 1. The molecule has 3 aromatic rings. The largest absolute Gasteiger partial charge is 0.490 e. The molecule has 3 unspecified atom stereocenters. The first kappa shape index (κ1) is 29.7. The minimum Gasteiger partial charge on any atom is -0.490 e. The quantitative estimate of drug-likeness (QED) is 0.127. The second kappa shape index (κ2) is 14.3. The van der Waals surface area contributed by atoms with Crippen LogP contribution in [0, 0.1) is 5.41 Å². The number of hydrogen-bond acceptors (Lipinski definition) is 7. The molecular formula is C31H38N2O6. The summed E-state index contributed by atoms with van der Waals surface area (Å²) >= 11 is 0. The van der Waals surface area contributed by atoms with Gasteiger partial charge in [-0.15, -0.1) is 0 Å². The van der Waals surface area contributed by atoms with Gasteiger partial charge in [0.1, 0.15) is 48.7 Å². The molecule has 0 aromatic heterocycles. The number of aliphatic hydroxyl groups excluding tert-OH is 1. The summed E-state index contributed by atoms with van der Waals surface area (Å²) in [6.07, 6.45) is 1.14. The van der Waals surface area contributed by atoms with E-state index in [1.807, 2.05) is 48.5 Å². The monoisotopic (exact) mass is 534 g/mol. The number of aldehydes is 1. The standard InChI is InChI=1S/C30H34N2O6.CH4/c1-2-4-23-15-22(20-7-9-21(10-8-20)30(31)32)11-12-28(23)36-14-13-35-25-5-3-6-26(18-25)37-29-17-24(34)16-27(19-33)38-29;/h3,5-12,15,18-19,24,27,29,34H,2,4,13-14,16-17H2,1H3,(H3,31,32);1H4. The summed E-state index contributed by atoms with van der Waals surface area (Å²) in [4.78, 5) is 11.0. The van der Waals surface area contributed by atoms with Gasteiger partial charge in [-0.1, -0.05) is 57.2 Å². The zero-order valence-corrected chi connectivity index (χ0v) is 21.5. The van der Waals surface area contributed by atoms with E-state index in [2.05, 4.69) is 13.0 Å². The van der Waals surface area contributed by atoms with Gasteiger partial charge in [-0.25, -0.2) is 0 Å². The summed E-state index contributed by atoms with van der Waals surface area (Å²) in [6.45, 7) is 2.84. The smallest absolute Gasteiger partial charge is 0.203 e. The van der Waals surface area contributed by atoms with Crippen LogP contribution in [0.3, 0.4) is 0 Å². The van der Waals surface area contributed by atoms with Crippen molar-refractivity contribution in [2.24, 2.45) is 5.73 Å². The molecule has 1 fully saturated rings. The highest BCUT2D eigenvalue weighted by molar-refractivity contribution is 5.95. The van der Waals surface area contributed by atoms with E-state index >= 15 is 0 Å². The van der Waals surface area contributed by atoms with Crippen LogP contribution in [0.15, 0.2) is 66.7 Å². The summed E-state index contributed by atoms with van der Waals surface area (Å²) in [6, 6.07) is 21.0. The fourth-order valence-corrected chi connectivity index (χ4v) is 4.36. The highest BCUT2D eigenvalue weighted by Crippen LogP contribution is 2.29. The van der Waals surface area contributed by atoms with Crippen LogP contribution in [-0.2, 0) is 16.0 Å². The lowest BCUT2D eigenvalue weighted by Gasteiger charge is -2.30. The first-order valence-electron chi connectivity index (χ1n) is 12.8. The van der Waals surface area contributed by atoms with Gasteiger partial charge in [0.25, 0.3) is 0 Å². The molecule has 1 aliphatic rings. The molecule has 208 valence electrons. The zero-order valence-electron chi connectivity index (χ0n) is 21.5. The van der Waals surface area contributed by atoms with E-state index in [9.17, 15) is 9.90 Å². The highest BCUT2D eigenvalue weighted by Gasteiger charge is 2.29. The van der Waals surface area contributed by atoms with E-state index in [-0.39, 0.29) is 19.7 Å². The van der Waals surface area contributed by atoms with E-state index < -0.39 is 18.5 Å². The second-order valence-electron chi connectivity index (χ2n) is 9.22. The summed E-state index contributed by atoms with van der Waals surface area (Å²) < 4.78 is 23.3. The molecule has 0 bridgehead atoms.